The minimum atomic E-state index is -0.894. The monoisotopic (exact) mass is 468 g/mol. The third kappa shape index (κ3) is 7.14. The molecule has 5 nitrogen and oxygen atoms in total. The molecule has 0 aliphatic carbocycles. The van der Waals surface area contributed by atoms with Crippen LogP contribution in [0, 0.1) is 5.82 Å². The van der Waals surface area contributed by atoms with E-state index in [0.29, 0.717) is 22.6 Å². The Labute approximate surface area is 197 Å². The number of nitrogens with one attached hydrogen (secondary N) is 1. The first-order chi connectivity index (χ1) is 16.0. The number of nitrogens with zero attached hydrogens (tertiary/aromatic N) is 1. The van der Waals surface area contributed by atoms with E-state index in [1.165, 1.54) is 17.0 Å². The minimum absolute atomic E-state index is 0.0505. The van der Waals surface area contributed by atoms with Crippen molar-refractivity contribution in [2.75, 3.05) is 13.2 Å². The molecule has 0 saturated heterocycles. The summed E-state index contributed by atoms with van der Waals surface area (Å²) in [7, 11) is 0. The number of aliphatic hydroxyl groups is 1. The van der Waals surface area contributed by atoms with Gasteiger partial charge in [-0.15, -0.1) is 0 Å². The average Bonchev–Trinajstić information content (AvgIpc) is 2.82. The lowest BCUT2D eigenvalue weighted by Gasteiger charge is -2.32. The number of halogens is 2. The lowest BCUT2D eigenvalue weighted by molar-refractivity contribution is -0.141. The lowest BCUT2D eigenvalue weighted by atomic mass is 10.0. The fraction of sp³-hybridized carbons (Fsp3) is 0.231. The van der Waals surface area contributed by atoms with E-state index in [-0.39, 0.29) is 43.7 Å². The molecule has 3 rings (SSSR count). The number of rotatable bonds is 10. The predicted octanol–water partition coefficient (Wildman–Crippen LogP) is 4.29. The first-order valence-electron chi connectivity index (χ1n) is 10.7. The molecule has 172 valence electrons. The molecule has 0 spiro atoms. The second-order valence-corrected chi connectivity index (χ2v) is 8.07. The summed E-state index contributed by atoms with van der Waals surface area (Å²) in [5.74, 6) is -0.979. The first kappa shape index (κ1) is 24.4. The van der Waals surface area contributed by atoms with Crippen LogP contribution in [0.15, 0.2) is 78.9 Å². The van der Waals surface area contributed by atoms with E-state index in [9.17, 15) is 14.0 Å². The largest absolute Gasteiger partial charge is 0.396 e. The van der Waals surface area contributed by atoms with E-state index in [4.69, 9.17) is 16.7 Å². The van der Waals surface area contributed by atoms with Crippen LogP contribution >= 0.6 is 11.6 Å². The molecule has 0 heterocycles. The molecule has 0 bridgehead atoms. The molecule has 2 N–H and O–H groups in total. The van der Waals surface area contributed by atoms with Crippen molar-refractivity contribution in [1.29, 1.82) is 0 Å². The number of amides is 2. The van der Waals surface area contributed by atoms with Crippen molar-refractivity contribution in [1.82, 2.24) is 10.2 Å². The zero-order valence-electron chi connectivity index (χ0n) is 18.1. The fourth-order valence-electron chi connectivity index (χ4n) is 3.48. The smallest absolute Gasteiger partial charge is 0.247 e. The Bertz CT molecular complexity index is 1040. The quantitative estimate of drug-likeness (QED) is 0.436. The molecule has 0 unspecified atom stereocenters. The zero-order valence-corrected chi connectivity index (χ0v) is 18.8. The maximum Gasteiger partial charge on any atom is 0.247 e. The summed E-state index contributed by atoms with van der Waals surface area (Å²) in [4.78, 5) is 28.3. The van der Waals surface area contributed by atoms with Crippen molar-refractivity contribution in [3.05, 3.63) is 106 Å². The van der Waals surface area contributed by atoms with Crippen LogP contribution in [0.4, 0.5) is 4.39 Å². The summed E-state index contributed by atoms with van der Waals surface area (Å²) in [6.07, 6.45) is 0.482. The summed E-state index contributed by atoms with van der Waals surface area (Å²) >= 11 is 5.97. The highest BCUT2D eigenvalue weighted by Crippen LogP contribution is 2.25. The van der Waals surface area contributed by atoms with Crippen LogP contribution in [0.1, 0.15) is 29.2 Å². The van der Waals surface area contributed by atoms with E-state index in [1.54, 1.807) is 48.5 Å². The van der Waals surface area contributed by atoms with Gasteiger partial charge in [-0.05, 0) is 47.4 Å². The van der Waals surface area contributed by atoms with Crippen LogP contribution in [0.25, 0.3) is 0 Å². The Kier molecular flexibility index (Phi) is 8.98. The molecule has 0 radical (unpaired) electrons. The van der Waals surface area contributed by atoms with Crippen molar-refractivity contribution in [2.24, 2.45) is 0 Å². The molecule has 0 aromatic heterocycles. The van der Waals surface area contributed by atoms with Crippen LogP contribution in [-0.4, -0.2) is 35.0 Å². The topological polar surface area (TPSA) is 69.6 Å². The highest BCUT2D eigenvalue weighted by atomic mass is 35.5. The summed E-state index contributed by atoms with van der Waals surface area (Å²) in [5, 5.41) is 12.5. The van der Waals surface area contributed by atoms with Gasteiger partial charge in [-0.25, -0.2) is 4.39 Å². The molecular weight excluding hydrogens is 443 g/mol. The number of hydrogen-bond donors (Lipinski definition) is 2. The van der Waals surface area contributed by atoms with Gasteiger partial charge in [-0.1, -0.05) is 66.2 Å². The van der Waals surface area contributed by atoms with E-state index in [1.807, 2.05) is 18.2 Å². The Hall–Kier alpha value is -3.22. The Morgan fingerprint density at radius 1 is 0.939 bits per heavy atom. The Morgan fingerprint density at radius 2 is 1.58 bits per heavy atom. The molecule has 2 amide bonds. The van der Waals surface area contributed by atoms with Gasteiger partial charge < -0.3 is 15.3 Å². The lowest BCUT2D eigenvalue weighted by Crippen LogP contribution is -2.44. The molecule has 0 aliphatic rings. The van der Waals surface area contributed by atoms with Crippen LogP contribution in [-0.2, 0) is 22.6 Å². The normalized spacial score (nSPS) is 11.6. The summed E-state index contributed by atoms with van der Waals surface area (Å²) in [5.41, 5.74) is 2.12. The molecule has 1 atom stereocenters. The van der Waals surface area contributed by atoms with Gasteiger partial charge in [0.2, 0.25) is 11.8 Å². The highest BCUT2D eigenvalue weighted by Gasteiger charge is 2.31. The highest BCUT2D eigenvalue weighted by molar-refractivity contribution is 6.30. The number of benzene rings is 3. The molecule has 0 fully saturated rings. The van der Waals surface area contributed by atoms with Crippen LogP contribution in [0.3, 0.4) is 0 Å². The zero-order chi connectivity index (χ0) is 23.6. The number of aliphatic hydroxyl groups excluding tert-OH is 1. The fourth-order valence-corrected chi connectivity index (χ4v) is 3.61. The van der Waals surface area contributed by atoms with Crippen LogP contribution < -0.4 is 5.32 Å². The van der Waals surface area contributed by atoms with Gasteiger partial charge in [-0.3, -0.25) is 9.59 Å². The first-order valence-corrected chi connectivity index (χ1v) is 11.1. The molecule has 0 aliphatic heterocycles. The van der Waals surface area contributed by atoms with E-state index >= 15 is 0 Å². The van der Waals surface area contributed by atoms with Crippen molar-refractivity contribution in [3.8, 4) is 0 Å². The second kappa shape index (κ2) is 12.1. The molecule has 33 heavy (non-hydrogen) atoms. The van der Waals surface area contributed by atoms with Crippen molar-refractivity contribution < 1.29 is 19.1 Å². The second-order valence-electron chi connectivity index (χ2n) is 7.63. The molecule has 0 saturated carbocycles. The summed E-state index contributed by atoms with van der Waals surface area (Å²) < 4.78 is 13.5. The van der Waals surface area contributed by atoms with Gasteiger partial charge in [0.1, 0.15) is 11.9 Å². The standard InChI is InChI=1S/C26H26ClFN2O3/c27-22-11-7-19(8-12-22)17-24(32)30(18-20-9-13-23(28)14-10-20)25(21-5-2-1-3-6-21)26(33)29-15-4-16-31/h1-3,5-14,25,31H,4,15-18H2,(H,29,33)/t25-/m0/s1. The van der Waals surface area contributed by atoms with Gasteiger partial charge in [-0.2, -0.15) is 0 Å². The van der Waals surface area contributed by atoms with Gasteiger partial charge in [0, 0.05) is 24.7 Å². The molecular formula is C26H26ClFN2O3. The third-order valence-corrected chi connectivity index (χ3v) is 5.42. The maximum atomic E-state index is 13.5. The number of carbonyl (C=O) groups is 2. The Morgan fingerprint density at radius 3 is 2.21 bits per heavy atom. The molecule has 3 aromatic rings. The summed E-state index contributed by atoms with van der Waals surface area (Å²) in [6.45, 7) is 0.360. The van der Waals surface area contributed by atoms with Crippen molar-refractivity contribution in [2.45, 2.75) is 25.4 Å². The van der Waals surface area contributed by atoms with Crippen LogP contribution in [0.2, 0.25) is 5.02 Å². The van der Waals surface area contributed by atoms with Gasteiger partial charge in [0.05, 0.1) is 6.42 Å². The van der Waals surface area contributed by atoms with Gasteiger partial charge in [0.15, 0.2) is 0 Å². The van der Waals surface area contributed by atoms with E-state index in [0.717, 1.165) is 5.56 Å². The summed E-state index contributed by atoms with van der Waals surface area (Å²) in [6, 6.07) is 21.0. The van der Waals surface area contributed by atoms with E-state index < -0.39 is 6.04 Å². The molecule has 3 aromatic carbocycles. The average molecular weight is 469 g/mol. The maximum absolute atomic E-state index is 13.5. The van der Waals surface area contributed by atoms with Gasteiger partial charge >= 0.3 is 0 Å². The van der Waals surface area contributed by atoms with Crippen LogP contribution in [0.5, 0.6) is 0 Å². The Balaban J connectivity index is 1.96. The SMILES string of the molecule is O=C(NCCCO)[C@H](c1ccccc1)N(Cc1ccc(F)cc1)C(=O)Cc1ccc(Cl)cc1. The predicted molar refractivity (Wildman–Crippen MR) is 126 cm³/mol. The molecule has 7 heteroatoms. The number of carbonyl (C=O) groups excluding carboxylic acids is 2. The van der Waals surface area contributed by atoms with Crippen molar-refractivity contribution >= 4 is 23.4 Å². The van der Waals surface area contributed by atoms with E-state index in [2.05, 4.69) is 5.32 Å². The third-order valence-electron chi connectivity index (χ3n) is 5.16. The van der Waals surface area contributed by atoms with Gasteiger partial charge in [0.25, 0.3) is 0 Å². The minimum Gasteiger partial charge on any atom is -0.396 e. The number of hydrogen-bond acceptors (Lipinski definition) is 3. The van der Waals surface area contributed by atoms with Crippen molar-refractivity contribution in [3.63, 3.8) is 0 Å².